The average Bonchev–Trinajstić information content (AvgIpc) is 2.79. The molecular weight excluding hydrogens is 358 g/mol. The van der Waals surface area contributed by atoms with Crippen molar-refractivity contribution in [3.8, 4) is 11.1 Å². The van der Waals surface area contributed by atoms with Gasteiger partial charge in [0.05, 0.1) is 11.3 Å². The zero-order valence-corrected chi connectivity index (χ0v) is 15.7. The molecule has 0 aliphatic heterocycles. The number of hydrogen-bond donors (Lipinski definition) is 1. The molecule has 0 atom stereocenters. The summed E-state index contributed by atoms with van der Waals surface area (Å²) < 4.78 is 0. The summed E-state index contributed by atoms with van der Waals surface area (Å²) in [6, 6.07) is 30.9. The summed E-state index contributed by atoms with van der Waals surface area (Å²) in [4.78, 5) is 26.6. The summed E-state index contributed by atoms with van der Waals surface area (Å²) in [6.45, 7) is 0. The normalized spacial score (nSPS) is 10.5. The van der Waals surface area contributed by atoms with E-state index < -0.39 is 0 Å². The molecule has 0 bridgehead atoms. The van der Waals surface area contributed by atoms with Crippen molar-refractivity contribution in [2.75, 3.05) is 5.73 Å². The van der Waals surface area contributed by atoms with Gasteiger partial charge in [0.2, 0.25) is 0 Å². The molecule has 140 valence electrons. The number of nitrogen functional groups attached to an aromatic ring is 1. The molecule has 0 aromatic heterocycles. The van der Waals surface area contributed by atoms with E-state index in [4.69, 9.17) is 5.73 Å². The second kappa shape index (κ2) is 7.95. The first-order valence-corrected chi connectivity index (χ1v) is 9.34. The topological polar surface area (TPSA) is 60.2 Å². The lowest BCUT2D eigenvalue weighted by Crippen LogP contribution is -2.14. The zero-order chi connectivity index (χ0) is 20.2. The Kier molecular flexibility index (Phi) is 5.04. The van der Waals surface area contributed by atoms with Gasteiger partial charge >= 0.3 is 0 Å². The Balaban J connectivity index is 1.93. The van der Waals surface area contributed by atoms with Crippen LogP contribution in [0.1, 0.15) is 31.8 Å². The van der Waals surface area contributed by atoms with Crippen LogP contribution in [0.5, 0.6) is 0 Å². The van der Waals surface area contributed by atoms with Gasteiger partial charge in [-0.15, -0.1) is 0 Å². The van der Waals surface area contributed by atoms with Crippen molar-refractivity contribution in [3.05, 3.63) is 125 Å². The molecule has 0 fully saturated rings. The highest BCUT2D eigenvalue weighted by Crippen LogP contribution is 2.33. The fraction of sp³-hybridized carbons (Fsp3) is 0. The third-order valence-electron chi connectivity index (χ3n) is 4.87. The van der Waals surface area contributed by atoms with Crippen LogP contribution in [0, 0.1) is 0 Å². The monoisotopic (exact) mass is 377 g/mol. The van der Waals surface area contributed by atoms with Gasteiger partial charge in [-0.1, -0.05) is 97.1 Å². The van der Waals surface area contributed by atoms with Gasteiger partial charge in [0.1, 0.15) is 0 Å². The van der Waals surface area contributed by atoms with Gasteiger partial charge in [-0.25, -0.2) is 0 Å². The van der Waals surface area contributed by atoms with Gasteiger partial charge < -0.3 is 5.73 Å². The first-order valence-electron chi connectivity index (χ1n) is 9.34. The quantitative estimate of drug-likeness (QED) is 0.374. The minimum atomic E-state index is -0.264. The molecule has 4 rings (SSSR count). The molecule has 2 N–H and O–H groups in total. The van der Waals surface area contributed by atoms with E-state index in [9.17, 15) is 9.59 Å². The lowest BCUT2D eigenvalue weighted by atomic mass is 9.88. The molecule has 0 saturated heterocycles. The molecule has 4 aromatic rings. The van der Waals surface area contributed by atoms with Crippen molar-refractivity contribution in [1.82, 2.24) is 0 Å². The van der Waals surface area contributed by atoms with Crippen LogP contribution in [0.2, 0.25) is 0 Å². The van der Waals surface area contributed by atoms with E-state index >= 15 is 0 Å². The van der Waals surface area contributed by atoms with Gasteiger partial charge in [-0.05, 0) is 11.6 Å². The van der Waals surface area contributed by atoms with Crippen LogP contribution < -0.4 is 5.73 Å². The summed E-state index contributed by atoms with van der Waals surface area (Å²) >= 11 is 0. The molecule has 0 heterocycles. The number of rotatable bonds is 5. The molecule has 0 spiro atoms. The second-order valence-corrected chi connectivity index (χ2v) is 6.71. The van der Waals surface area contributed by atoms with Crippen LogP contribution in [0.4, 0.5) is 5.69 Å². The standard InChI is InChI=1S/C26H19NO2/c27-24-21(18-10-4-1-5-11-18)16-17-22(25(28)19-12-6-2-7-13-19)23(24)26(29)20-14-8-3-9-15-20/h1-17H,27H2. The molecule has 29 heavy (non-hydrogen) atoms. The molecule has 3 nitrogen and oxygen atoms in total. The highest BCUT2D eigenvalue weighted by atomic mass is 16.1. The average molecular weight is 377 g/mol. The summed E-state index contributed by atoms with van der Waals surface area (Å²) in [5.41, 5.74) is 9.99. The first-order chi connectivity index (χ1) is 14.2. The lowest BCUT2D eigenvalue weighted by Gasteiger charge is -2.15. The molecule has 3 heteroatoms. The molecular formula is C26H19NO2. The maximum absolute atomic E-state index is 13.4. The molecule has 0 amide bonds. The molecule has 0 aliphatic carbocycles. The van der Waals surface area contributed by atoms with Gasteiger partial charge in [0, 0.05) is 22.3 Å². The summed E-state index contributed by atoms with van der Waals surface area (Å²) in [6.07, 6.45) is 0. The Morgan fingerprint density at radius 1 is 0.552 bits per heavy atom. The van der Waals surface area contributed by atoms with Gasteiger partial charge in [-0.3, -0.25) is 9.59 Å². The predicted molar refractivity (Wildman–Crippen MR) is 116 cm³/mol. The van der Waals surface area contributed by atoms with E-state index in [1.54, 1.807) is 54.6 Å². The number of anilines is 1. The molecule has 0 radical (unpaired) electrons. The van der Waals surface area contributed by atoms with E-state index in [2.05, 4.69) is 0 Å². The third-order valence-corrected chi connectivity index (χ3v) is 4.87. The van der Waals surface area contributed by atoms with Crippen LogP contribution in [-0.2, 0) is 0 Å². The maximum atomic E-state index is 13.4. The highest BCUT2D eigenvalue weighted by molar-refractivity contribution is 6.22. The van der Waals surface area contributed by atoms with Crippen molar-refractivity contribution in [1.29, 1.82) is 0 Å². The lowest BCUT2D eigenvalue weighted by molar-refractivity contribution is 0.100. The smallest absolute Gasteiger partial charge is 0.195 e. The molecule has 0 saturated carbocycles. The largest absolute Gasteiger partial charge is 0.398 e. The SMILES string of the molecule is Nc1c(-c2ccccc2)ccc(C(=O)c2ccccc2)c1C(=O)c1ccccc1. The highest BCUT2D eigenvalue weighted by Gasteiger charge is 2.24. The van der Waals surface area contributed by atoms with Crippen LogP contribution in [0.25, 0.3) is 11.1 Å². The van der Waals surface area contributed by atoms with E-state index in [1.807, 2.05) is 48.5 Å². The molecule has 4 aromatic carbocycles. The predicted octanol–water partition coefficient (Wildman–Crippen LogP) is 5.40. The van der Waals surface area contributed by atoms with E-state index in [0.717, 1.165) is 11.1 Å². The number of nitrogens with two attached hydrogens (primary N) is 1. The number of carbonyl (C=O) groups excluding carboxylic acids is 2. The van der Waals surface area contributed by atoms with Gasteiger partial charge in [0.25, 0.3) is 0 Å². The Hall–Kier alpha value is -3.98. The van der Waals surface area contributed by atoms with Crippen molar-refractivity contribution in [2.24, 2.45) is 0 Å². The third kappa shape index (κ3) is 3.58. The van der Waals surface area contributed by atoms with Crippen LogP contribution >= 0.6 is 0 Å². The summed E-state index contributed by atoms with van der Waals surface area (Å²) in [5.74, 6) is -0.489. The Labute approximate surface area is 169 Å². The number of benzene rings is 4. The Morgan fingerprint density at radius 3 is 1.59 bits per heavy atom. The Morgan fingerprint density at radius 2 is 1.03 bits per heavy atom. The Bertz CT molecular complexity index is 1170. The molecule has 0 aliphatic rings. The minimum absolute atomic E-state index is 0.226. The van der Waals surface area contributed by atoms with E-state index in [1.165, 1.54) is 0 Å². The summed E-state index contributed by atoms with van der Waals surface area (Å²) in [5, 5.41) is 0. The molecule has 0 unspecified atom stereocenters. The van der Waals surface area contributed by atoms with Crippen molar-refractivity contribution in [2.45, 2.75) is 0 Å². The van der Waals surface area contributed by atoms with Gasteiger partial charge in [0.15, 0.2) is 11.6 Å². The summed E-state index contributed by atoms with van der Waals surface area (Å²) in [7, 11) is 0. The fourth-order valence-electron chi connectivity index (χ4n) is 3.40. The number of hydrogen-bond acceptors (Lipinski definition) is 3. The van der Waals surface area contributed by atoms with Crippen LogP contribution in [-0.4, -0.2) is 11.6 Å². The van der Waals surface area contributed by atoms with Gasteiger partial charge in [-0.2, -0.15) is 0 Å². The maximum Gasteiger partial charge on any atom is 0.195 e. The zero-order valence-electron chi connectivity index (χ0n) is 15.7. The van der Waals surface area contributed by atoms with Crippen molar-refractivity contribution in [3.63, 3.8) is 0 Å². The first kappa shape index (κ1) is 18.4. The van der Waals surface area contributed by atoms with Crippen LogP contribution in [0.3, 0.4) is 0 Å². The van der Waals surface area contributed by atoms with Crippen LogP contribution in [0.15, 0.2) is 103 Å². The van der Waals surface area contributed by atoms with E-state index in [-0.39, 0.29) is 17.1 Å². The fourth-order valence-corrected chi connectivity index (χ4v) is 3.40. The minimum Gasteiger partial charge on any atom is -0.398 e. The number of ketones is 2. The second-order valence-electron chi connectivity index (χ2n) is 6.71. The van der Waals surface area contributed by atoms with Crippen molar-refractivity contribution < 1.29 is 9.59 Å². The van der Waals surface area contributed by atoms with E-state index in [0.29, 0.717) is 22.4 Å². The van der Waals surface area contributed by atoms with Crippen molar-refractivity contribution >= 4 is 17.3 Å². The number of carbonyl (C=O) groups is 2.